The van der Waals surface area contributed by atoms with Gasteiger partial charge in [0, 0.05) is 36.1 Å². The molecular formula is C34H30ClN3O7. The summed E-state index contributed by atoms with van der Waals surface area (Å²) in [7, 11) is 3.57. The first kappa shape index (κ1) is 32.7. The molecule has 0 fully saturated rings. The lowest BCUT2D eigenvalue weighted by molar-refractivity contribution is -0.158. The standard InChI is InChI=1S/C29H22ClN3O2.C5H8O5/c1-4-19-6-5-7-20(14-19)24-16-28(34)33(3)26-13-10-22(15-25(24)26)29(35,27-17-31-18-32(27)2)21-8-11-23(30)12-9-21;1-2(4(7)8)3(6)5(9)10/h1,5-18,35H,2-3H3;2-3,6H,1H3,(H,7,8)(H,9,10). The van der Waals surface area contributed by atoms with Gasteiger partial charge in [-0.15, -0.1) is 6.42 Å². The highest BCUT2D eigenvalue weighted by molar-refractivity contribution is 6.30. The Hall–Kier alpha value is -5.21. The van der Waals surface area contributed by atoms with Gasteiger partial charge in [-0.05, 0) is 65.6 Å². The summed E-state index contributed by atoms with van der Waals surface area (Å²) in [5.41, 5.74) is 3.25. The molecule has 0 aliphatic carbocycles. The Kier molecular flexibility index (Phi) is 9.59. The maximum absolute atomic E-state index is 12.8. The minimum Gasteiger partial charge on any atom is -0.481 e. The van der Waals surface area contributed by atoms with E-state index >= 15 is 0 Å². The second-order valence-corrected chi connectivity index (χ2v) is 10.9. The van der Waals surface area contributed by atoms with Gasteiger partial charge in [-0.2, -0.15) is 0 Å². The monoisotopic (exact) mass is 627 g/mol. The van der Waals surface area contributed by atoms with Crippen LogP contribution in [0, 0.1) is 18.3 Å². The second kappa shape index (κ2) is 13.2. The Labute approximate surface area is 263 Å². The molecule has 2 heterocycles. The summed E-state index contributed by atoms with van der Waals surface area (Å²) in [6.45, 7) is 1.13. The number of aryl methyl sites for hydroxylation is 2. The molecule has 3 atom stereocenters. The maximum Gasteiger partial charge on any atom is 0.333 e. The van der Waals surface area contributed by atoms with E-state index < -0.39 is 29.6 Å². The summed E-state index contributed by atoms with van der Waals surface area (Å²) >= 11 is 6.14. The average molecular weight is 628 g/mol. The number of aliphatic carboxylic acids is 2. The summed E-state index contributed by atoms with van der Waals surface area (Å²) in [5, 5.41) is 38.6. The molecule has 0 saturated carbocycles. The van der Waals surface area contributed by atoms with Gasteiger partial charge < -0.3 is 29.6 Å². The zero-order valence-electron chi connectivity index (χ0n) is 24.5. The van der Waals surface area contributed by atoms with Crippen LogP contribution < -0.4 is 5.56 Å². The number of carbonyl (C=O) groups is 2. The molecule has 0 bridgehead atoms. The number of hydrogen-bond acceptors (Lipinski definition) is 6. The van der Waals surface area contributed by atoms with Crippen molar-refractivity contribution in [3.8, 4) is 23.5 Å². The van der Waals surface area contributed by atoms with E-state index in [9.17, 15) is 19.5 Å². The lowest BCUT2D eigenvalue weighted by Gasteiger charge is -2.30. The SMILES string of the molecule is C#Cc1cccc(-c2cc(=O)n(C)c3ccc(C(O)(c4ccc(Cl)cc4)c4cncn4C)cc23)c1.CC(C(=O)O)C(O)C(=O)O. The summed E-state index contributed by atoms with van der Waals surface area (Å²) in [6, 6.07) is 21.9. The number of imidazole rings is 1. The summed E-state index contributed by atoms with van der Waals surface area (Å²) in [5.74, 6) is -1.46. The highest BCUT2D eigenvalue weighted by atomic mass is 35.5. The maximum atomic E-state index is 12.8. The minimum atomic E-state index is -1.82. The molecule has 45 heavy (non-hydrogen) atoms. The van der Waals surface area contributed by atoms with Crippen molar-refractivity contribution < 1.29 is 30.0 Å². The van der Waals surface area contributed by atoms with Crippen LogP contribution in [0.2, 0.25) is 5.02 Å². The van der Waals surface area contributed by atoms with Gasteiger partial charge >= 0.3 is 11.9 Å². The van der Waals surface area contributed by atoms with Crippen molar-refractivity contribution in [1.82, 2.24) is 14.1 Å². The number of fused-ring (bicyclic) bond motifs is 1. The van der Waals surface area contributed by atoms with E-state index in [2.05, 4.69) is 10.9 Å². The highest BCUT2D eigenvalue weighted by Crippen LogP contribution is 2.39. The van der Waals surface area contributed by atoms with Crippen LogP contribution in [-0.2, 0) is 29.3 Å². The molecule has 0 radical (unpaired) electrons. The number of aliphatic hydroxyl groups excluding tert-OH is 1. The van der Waals surface area contributed by atoms with E-state index in [1.807, 2.05) is 49.5 Å². The number of nitrogens with zero attached hydrogens (tertiary/aromatic N) is 3. The number of carboxylic acids is 2. The first-order valence-corrected chi connectivity index (χ1v) is 14.0. The van der Waals surface area contributed by atoms with Crippen LogP contribution in [0.4, 0.5) is 0 Å². The Bertz CT molecular complexity index is 1970. The van der Waals surface area contributed by atoms with Gasteiger partial charge in [0.15, 0.2) is 11.7 Å². The molecule has 0 saturated heterocycles. The number of aliphatic hydroxyl groups is 2. The van der Waals surface area contributed by atoms with E-state index in [0.29, 0.717) is 21.8 Å². The van der Waals surface area contributed by atoms with Crippen LogP contribution in [0.25, 0.3) is 22.0 Å². The van der Waals surface area contributed by atoms with Crippen LogP contribution in [-0.4, -0.2) is 52.6 Å². The van der Waals surface area contributed by atoms with Crippen molar-refractivity contribution in [3.05, 3.63) is 123 Å². The van der Waals surface area contributed by atoms with Gasteiger partial charge in [-0.25, -0.2) is 9.78 Å². The summed E-state index contributed by atoms with van der Waals surface area (Å²) in [6.07, 6.45) is 7.10. The molecule has 2 aromatic heterocycles. The molecule has 0 aliphatic rings. The van der Waals surface area contributed by atoms with Gasteiger partial charge in [0.1, 0.15) is 0 Å². The fourth-order valence-electron chi connectivity index (χ4n) is 4.91. The van der Waals surface area contributed by atoms with E-state index in [1.54, 1.807) is 59.0 Å². The lowest BCUT2D eigenvalue weighted by atomic mass is 9.82. The molecule has 4 N–H and O–H groups in total. The van der Waals surface area contributed by atoms with Crippen molar-refractivity contribution in [2.24, 2.45) is 20.0 Å². The van der Waals surface area contributed by atoms with E-state index in [-0.39, 0.29) is 5.56 Å². The van der Waals surface area contributed by atoms with Gasteiger partial charge in [0.25, 0.3) is 5.56 Å². The second-order valence-electron chi connectivity index (χ2n) is 10.4. The largest absolute Gasteiger partial charge is 0.481 e. The first-order valence-electron chi connectivity index (χ1n) is 13.6. The quantitative estimate of drug-likeness (QED) is 0.197. The van der Waals surface area contributed by atoms with E-state index in [0.717, 1.165) is 34.5 Å². The fourth-order valence-corrected chi connectivity index (χ4v) is 5.04. The summed E-state index contributed by atoms with van der Waals surface area (Å²) < 4.78 is 3.38. The van der Waals surface area contributed by atoms with Crippen molar-refractivity contribution >= 4 is 34.4 Å². The number of terminal acetylenes is 1. The number of benzene rings is 3. The zero-order chi connectivity index (χ0) is 33.1. The molecule has 230 valence electrons. The normalized spacial score (nSPS) is 13.5. The highest BCUT2D eigenvalue weighted by Gasteiger charge is 2.37. The third-order valence-electron chi connectivity index (χ3n) is 7.57. The predicted molar refractivity (Wildman–Crippen MR) is 170 cm³/mol. The summed E-state index contributed by atoms with van der Waals surface area (Å²) in [4.78, 5) is 37.0. The molecule has 11 heteroatoms. The van der Waals surface area contributed by atoms with Crippen molar-refractivity contribution in [2.75, 3.05) is 0 Å². The Morgan fingerprint density at radius 1 is 0.978 bits per heavy atom. The van der Waals surface area contributed by atoms with E-state index in [1.165, 1.54) is 0 Å². The number of pyridine rings is 1. The molecular weight excluding hydrogens is 598 g/mol. The van der Waals surface area contributed by atoms with Crippen molar-refractivity contribution in [2.45, 2.75) is 18.6 Å². The number of halogens is 1. The van der Waals surface area contributed by atoms with Crippen LogP contribution in [0.5, 0.6) is 0 Å². The van der Waals surface area contributed by atoms with Crippen molar-refractivity contribution in [1.29, 1.82) is 0 Å². The van der Waals surface area contributed by atoms with Crippen LogP contribution in [0.1, 0.15) is 29.3 Å². The molecule has 3 unspecified atom stereocenters. The van der Waals surface area contributed by atoms with E-state index in [4.69, 9.17) is 33.3 Å². The number of rotatable bonds is 7. The van der Waals surface area contributed by atoms with Crippen molar-refractivity contribution in [3.63, 3.8) is 0 Å². The molecule has 0 spiro atoms. The number of hydrogen-bond donors (Lipinski definition) is 4. The molecule has 3 aromatic carbocycles. The Morgan fingerprint density at radius 3 is 2.20 bits per heavy atom. The third-order valence-corrected chi connectivity index (χ3v) is 7.82. The average Bonchev–Trinajstić information content (AvgIpc) is 3.48. The molecule has 0 amide bonds. The molecule has 5 aromatic rings. The minimum absolute atomic E-state index is 0.133. The van der Waals surface area contributed by atoms with Gasteiger partial charge in [0.05, 0.1) is 29.7 Å². The number of aromatic nitrogens is 3. The lowest BCUT2D eigenvalue weighted by Crippen LogP contribution is -2.32. The first-order chi connectivity index (χ1) is 21.3. The topological polar surface area (TPSA) is 155 Å². The van der Waals surface area contributed by atoms with Gasteiger partial charge in [0.2, 0.25) is 0 Å². The van der Waals surface area contributed by atoms with Gasteiger partial charge in [-0.3, -0.25) is 9.59 Å². The third kappa shape index (κ3) is 6.51. The van der Waals surface area contributed by atoms with Crippen LogP contribution in [0.15, 0.2) is 90.1 Å². The Morgan fingerprint density at radius 2 is 1.64 bits per heavy atom. The fraction of sp³-hybridized carbons (Fsp3) is 0.176. The molecule has 5 rings (SSSR count). The van der Waals surface area contributed by atoms with Gasteiger partial charge in [-0.1, -0.05) is 47.9 Å². The number of carboxylic acid groups (broad SMARTS) is 2. The predicted octanol–water partition coefficient (Wildman–Crippen LogP) is 4.01. The molecule has 10 nitrogen and oxygen atoms in total. The Balaban J connectivity index is 0.000000399. The molecule has 0 aliphatic heterocycles. The van der Waals surface area contributed by atoms with Crippen LogP contribution in [0.3, 0.4) is 0 Å². The smallest absolute Gasteiger partial charge is 0.333 e. The van der Waals surface area contributed by atoms with Crippen LogP contribution >= 0.6 is 11.6 Å². The zero-order valence-corrected chi connectivity index (χ0v) is 25.3.